The third kappa shape index (κ3) is 5.17. The van der Waals surface area contributed by atoms with Crippen LogP contribution in [0.3, 0.4) is 0 Å². The minimum Gasteiger partial charge on any atom is -0.493 e. The summed E-state index contributed by atoms with van der Waals surface area (Å²) in [6, 6.07) is 30.1. The Morgan fingerprint density at radius 3 is 2.26 bits per heavy atom. The van der Waals surface area contributed by atoms with E-state index in [2.05, 4.69) is 32.0 Å². The van der Waals surface area contributed by atoms with E-state index >= 15 is 0 Å². The monoisotopic (exact) mass is 465 g/mol. The van der Waals surface area contributed by atoms with E-state index in [4.69, 9.17) is 9.47 Å². The third-order valence-electron chi connectivity index (χ3n) is 6.49. The third-order valence-corrected chi connectivity index (χ3v) is 6.49. The number of benzene rings is 4. The highest BCUT2D eigenvalue weighted by Crippen LogP contribution is 2.28. The molecule has 1 amide bonds. The first-order chi connectivity index (χ1) is 17.1. The van der Waals surface area contributed by atoms with Gasteiger partial charge >= 0.3 is 0 Å². The van der Waals surface area contributed by atoms with E-state index in [9.17, 15) is 4.79 Å². The largest absolute Gasteiger partial charge is 0.493 e. The van der Waals surface area contributed by atoms with Gasteiger partial charge < -0.3 is 14.4 Å². The Hall–Kier alpha value is -3.79. The average molecular weight is 466 g/mol. The van der Waals surface area contributed by atoms with Crippen LogP contribution in [0.4, 0.5) is 0 Å². The Balaban J connectivity index is 1.37. The summed E-state index contributed by atoms with van der Waals surface area (Å²) in [5.41, 5.74) is 3.21. The van der Waals surface area contributed by atoms with E-state index in [0.717, 1.165) is 34.3 Å². The number of fused-ring (bicyclic) bond motifs is 2. The maximum absolute atomic E-state index is 13.9. The van der Waals surface area contributed by atoms with Crippen LogP contribution < -0.4 is 9.47 Å². The van der Waals surface area contributed by atoms with Gasteiger partial charge in [0.25, 0.3) is 5.91 Å². The second-order valence-electron chi connectivity index (χ2n) is 9.57. The van der Waals surface area contributed by atoms with E-state index in [1.807, 2.05) is 77.7 Å². The van der Waals surface area contributed by atoms with Crippen LogP contribution in [-0.4, -0.2) is 30.1 Å². The van der Waals surface area contributed by atoms with E-state index < -0.39 is 0 Å². The van der Waals surface area contributed by atoms with Crippen LogP contribution in [-0.2, 0) is 13.0 Å². The first-order valence-electron chi connectivity index (χ1n) is 12.3. The molecule has 0 aromatic heterocycles. The van der Waals surface area contributed by atoms with Gasteiger partial charge in [0.15, 0.2) is 0 Å². The maximum Gasteiger partial charge on any atom is 0.255 e. The molecule has 35 heavy (non-hydrogen) atoms. The predicted molar refractivity (Wildman–Crippen MR) is 140 cm³/mol. The highest BCUT2D eigenvalue weighted by molar-refractivity contribution is 6.07. The van der Waals surface area contributed by atoms with Crippen molar-refractivity contribution in [2.75, 3.05) is 13.2 Å². The highest BCUT2D eigenvalue weighted by Gasteiger charge is 2.31. The molecule has 0 bridgehead atoms. The van der Waals surface area contributed by atoms with Gasteiger partial charge in [-0.15, -0.1) is 0 Å². The molecule has 0 radical (unpaired) electrons. The lowest BCUT2D eigenvalue weighted by Gasteiger charge is -2.37. The Labute approximate surface area is 207 Å². The molecular formula is C31H31NO3. The second-order valence-corrected chi connectivity index (χ2v) is 9.57. The van der Waals surface area contributed by atoms with Crippen molar-refractivity contribution in [2.24, 2.45) is 5.92 Å². The summed E-state index contributed by atoms with van der Waals surface area (Å²) in [6.45, 7) is 5.95. The van der Waals surface area contributed by atoms with Crippen molar-refractivity contribution < 1.29 is 14.3 Å². The Morgan fingerprint density at radius 1 is 0.829 bits per heavy atom. The van der Waals surface area contributed by atoms with Gasteiger partial charge in [0.05, 0.1) is 12.6 Å². The molecule has 0 N–H and O–H groups in total. The highest BCUT2D eigenvalue weighted by atomic mass is 16.5. The van der Waals surface area contributed by atoms with E-state index in [1.54, 1.807) is 0 Å². The van der Waals surface area contributed by atoms with Gasteiger partial charge in [-0.25, -0.2) is 0 Å². The Kier molecular flexibility index (Phi) is 6.71. The van der Waals surface area contributed by atoms with Gasteiger partial charge in [0.2, 0.25) is 0 Å². The van der Waals surface area contributed by atoms with E-state index in [0.29, 0.717) is 25.7 Å². The predicted octanol–water partition coefficient (Wildman–Crippen LogP) is 6.52. The van der Waals surface area contributed by atoms with Gasteiger partial charge in [0.1, 0.15) is 18.1 Å². The van der Waals surface area contributed by atoms with Crippen molar-refractivity contribution in [3.8, 4) is 11.5 Å². The minimum atomic E-state index is -0.0618. The number of ether oxygens (including phenoxy) is 2. The molecule has 5 rings (SSSR count). The molecule has 0 saturated carbocycles. The van der Waals surface area contributed by atoms with Crippen molar-refractivity contribution in [3.63, 3.8) is 0 Å². The van der Waals surface area contributed by atoms with Crippen LogP contribution in [0.5, 0.6) is 11.5 Å². The number of carbonyl (C=O) groups is 1. The fraction of sp³-hybridized carbons (Fsp3) is 0.258. The summed E-state index contributed by atoms with van der Waals surface area (Å²) < 4.78 is 12.0. The van der Waals surface area contributed by atoms with Crippen LogP contribution in [0.2, 0.25) is 0 Å². The van der Waals surface area contributed by atoms with Gasteiger partial charge in [-0.1, -0.05) is 74.5 Å². The summed E-state index contributed by atoms with van der Waals surface area (Å²) in [5, 5.41) is 2.05. The minimum absolute atomic E-state index is 0.0438. The summed E-state index contributed by atoms with van der Waals surface area (Å²) in [6.07, 6.45) is 0.766. The number of amides is 1. The topological polar surface area (TPSA) is 38.8 Å². The fourth-order valence-electron chi connectivity index (χ4n) is 4.63. The first-order valence-corrected chi connectivity index (χ1v) is 12.3. The van der Waals surface area contributed by atoms with Gasteiger partial charge in [-0.2, -0.15) is 0 Å². The second kappa shape index (κ2) is 10.2. The summed E-state index contributed by atoms with van der Waals surface area (Å²) >= 11 is 0. The van der Waals surface area contributed by atoms with Gasteiger partial charge in [0, 0.05) is 12.1 Å². The number of hydrogen-bond donors (Lipinski definition) is 0. The van der Waals surface area contributed by atoms with E-state index in [1.165, 1.54) is 11.1 Å². The Morgan fingerprint density at radius 2 is 1.49 bits per heavy atom. The molecule has 4 heteroatoms. The molecule has 0 saturated heterocycles. The van der Waals surface area contributed by atoms with E-state index in [-0.39, 0.29) is 11.9 Å². The van der Waals surface area contributed by atoms with Crippen LogP contribution in [0, 0.1) is 5.92 Å². The van der Waals surface area contributed by atoms with Crippen LogP contribution >= 0.6 is 0 Å². The SMILES string of the molecule is CC(C)COc1ccc(OCC2Cc3ccccc3CN2C(=O)c2cccc3ccccc23)cc1. The molecule has 1 atom stereocenters. The van der Waals surface area contributed by atoms with Crippen LogP contribution in [0.1, 0.15) is 35.3 Å². The summed E-state index contributed by atoms with van der Waals surface area (Å²) in [4.78, 5) is 15.8. The average Bonchev–Trinajstić information content (AvgIpc) is 2.90. The van der Waals surface area contributed by atoms with Crippen molar-refractivity contribution in [1.29, 1.82) is 0 Å². The molecule has 4 aromatic carbocycles. The molecule has 0 fully saturated rings. The molecule has 0 spiro atoms. The molecule has 0 aliphatic carbocycles. The quantitative estimate of drug-likeness (QED) is 0.312. The molecule has 1 aliphatic heterocycles. The fourth-order valence-corrected chi connectivity index (χ4v) is 4.63. The lowest BCUT2D eigenvalue weighted by atomic mass is 9.93. The zero-order valence-corrected chi connectivity index (χ0v) is 20.3. The number of nitrogens with zero attached hydrogens (tertiary/aromatic N) is 1. The normalized spacial score (nSPS) is 15.2. The van der Waals surface area contributed by atoms with Crippen LogP contribution in [0.15, 0.2) is 91.0 Å². The molecule has 1 heterocycles. The molecular weight excluding hydrogens is 434 g/mol. The van der Waals surface area contributed by atoms with Crippen molar-refractivity contribution in [1.82, 2.24) is 4.90 Å². The number of carbonyl (C=O) groups excluding carboxylic acids is 1. The summed E-state index contributed by atoms with van der Waals surface area (Å²) in [7, 11) is 0. The summed E-state index contributed by atoms with van der Waals surface area (Å²) in [5.74, 6) is 2.14. The number of rotatable bonds is 7. The standard InChI is InChI=1S/C31H31NO3/c1-22(2)20-34-27-14-16-28(17-15-27)35-21-26-18-24-9-3-4-10-25(24)19-32(26)31(33)30-13-7-11-23-8-5-6-12-29(23)30/h3-17,22,26H,18-21H2,1-2H3. The molecule has 4 nitrogen and oxygen atoms in total. The molecule has 1 aliphatic rings. The smallest absolute Gasteiger partial charge is 0.255 e. The van der Waals surface area contributed by atoms with Gasteiger partial charge in [-0.3, -0.25) is 4.79 Å². The zero-order valence-electron chi connectivity index (χ0n) is 20.3. The zero-order chi connectivity index (χ0) is 24.2. The van der Waals surface area contributed by atoms with Crippen molar-refractivity contribution in [2.45, 2.75) is 32.9 Å². The van der Waals surface area contributed by atoms with Crippen LogP contribution in [0.25, 0.3) is 10.8 Å². The van der Waals surface area contributed by atoms with Crippen molar-refractivity contribution >= 4 is 16.7 Å². The molecule has 1 unspecified atom stereocenters. The van der Waals surface area contributed by atoms with Crippen molar-refractivity contribution in [3.05, 3.63) is 108 Å². The first kappa shape index (κ1) is 23.0. The number of hydrogen-bond acceptors (Lipinski definition) is 3. The lowest BCUT2D eigenvalue weighted by Crippen LogP contribution is -2.47. The molecule has 4 aromatic rings. The molecule has 178 valence electrons. The van der Waals surface area contributed by atoms with Gasteiger partial charge in [-0.05, 0) is 64.6 Å². The maximum atomic E-state index is 13.9. The lowest BCUT2D eigenvalue weighted by molar-refractivity contribution is 0.0568. The Bertz CT molecular complexity index is 1310.